The Bertz CT molecular complexity index is 663. The Morgan fingerprint density at radius 3 is 2.48 bits per heavy atom. The quantitative estimate of drug-likeness (QED) is 0.809. The Morgan fingerprint density at radius 1 is 1.19 bits per heavy atom. The van der Waals surface area contributed by atoms with Crippen LogP contribution in [0.3, 0.4) is 0 Å². The van der Waals surface area contributed by atoms with Gasteiger partial charge in [0, 0.05) is 23.3 Å². The lowest BCUT2D eigenvalue weighted by atomic mass is 10.3. The lowest BCUT2D eigenvalue weighted by Crippen LogP contribution is -2.12. The van der Waals surface area contributed by atoms with E-state index in [4.69, 9.17) is 11.6 Å². The minimum atomic E-state index is -4.55. The Labute approximate surface area is 131 Å². The molecule has 0 aliphatic heterocycles. The van der Waals surface area contributed by atoms with Gasteiger partial charge in [-0.15, -0.1) is 0 Å². The smallest absolute Gasteiger partial charge is 0.357 e. The number of hydrogen-bond acceptors (Lipinski definition) is 4. The minimum absolute atomic E-state index is 0.0139. The molecule has 0 unspecified atom stereocenters. The van der Waals surface area contributed by atoms with E-state index in [0.717, 1.165) is 6.07 Å². The molecule has 1 heterocycles. The maximum absolute atomic E-state index is 12.8. The number of anilines is 3. The summed E-state index contributed by atoms with van der Waals surface area (Å²) in [6.07, 6.45) is -4.55. The SMILES string of the molecule is CNc1nc(Nc2ccc(Br)c(Cl)c2)cc(C(F)(F)F)n1. The van der Waals surface area contributed by atoms with E-state index >= 15 is 0 Å². The Kier molecular flexibility index (Phi) is 4.58. The zero-order valence-electron chi connectivity index (χ0n) is 10.6. The molecule has 2 rings (SSSR count). The van der Waals surface area contributed by atoms with Crippen molar-refractivity contribution in [2.45, 2.75) is 6.18 Å². The number of nitrogens with one attached hydrogen (secondary N) is 2. The molecule has 0 aliphatic rings. The molecule has 0 saturated carbocycles. The Balaban J connectivity index is 2.36. The zero-order valence-corrected chi connectivity index (χ0v) is 12.9. The highest BCUT2D eigenvalue weighted by molar-refractivity contribution is 9.10. The third kappa shape index (κ3) is 3.98. The summed E-state index contributed by atoms with van der Waals surface area (Å²) in [6, 6.07) is 5.73. The number of aromatic nitrogens is 2. The summed E-state index contributed by atoms with van der Waals surface area (Å²) in [7, 11) is 1.44. The molecule has 0 radical (unpaired) electrons. The Morgan fingerprint density at radius 2 is 1.90 bits per heavy atom. The molecular weight excluding hydrogens is 373 g/mol. The van der Waals surface area contributed by atoms with Gasteiger partial charge in [-0.3, -0.25) is 0 Å². The molecule has 1 aromatic carbocycles. The molecule has 0 aliphatic carbocycles. The van der Waals surface area contributed by atoms with E-state index in [1.807, 2.05) is 0 Å². The molecule has 1 aromatic heterocycles. The third-order valence-corrected chi connectivity index (χ3v) is 3.66. The van der Waals surface area contributed by atoms with Gasteiger partial charge in [0.1, 0.15) is 5.82 Å². The number of rotatable bonds is 3. The summed E-state index contributed by atoms with van der Waals surface area (Å²) in [4.78, 5) is 7.30. The van der Waals surface area contributed by atoms with Gasteiger partial charge in [-0.05, 0) is 34.1 Å². The fraction of sp³-hybridized carbons (Fsp3) is 0.167. The van der Waals surface area contributed by atoms with Crippen LogP contribution in [0.15, 0.2) is 28.7 Å². The van der Waals surface area contributed by atoms with E-state index in [2.05, 4.69) is 36.5 Å². The highest BCUT2D eigenvalue weighted by Crippen LogP contribution is 2.31. The summed E-state index contributed by atoms with van der Waals surface area (Å²) in [5.41, 5.74) is -0.523. The highest BCUT2D eigenvalue weighted by atomic mass is 79.9. The van der Waals surface area contributed by atoms with Gasteiger partial charge in [-0.25, -0.2) is 4.98 Å². The maximum atomic E-state index is 12.8. The molecule has 0 amide bonds. The lowest BCUT2D eigenvalue weighted by Gasteiger charge is -2.12. The average molecular weight is 382 g/mol. The van der Waals surface area contributed by atoms with Crippen molar-refractivity contribution in [1.82, 2.24) is 9.97 Å². The predicted octanol–water partition coefficient (Wildman–Crippen LogP) is 4.70. The summed E-state index contributed by atoms with van der Waals surface area (Å²) in [5, 5.41) is 5.68. The van der Waals surface area contributed by atoms with E-state index in [1.165, 1.54) is 7.05 Å². The molecule has 0 fully saturated rings. The number of halogens is 5. The van der Waals surface area contributed by atoms with Crippen molar-refractivity contribution in [3.05, 3.63) is 39.5 Å². The van der Waals surface area contributed by atoms with Crippen LogP contribution in [0.4, 0.5) is 30.6 Å². The van der Waals surface area contributed by atoms with Crippen molar-refractivity contribution < 1.29 is 13.2 Å². The van der Waals surface area contributed by atoms with Gasteiger partial charge >= 0.3 is 6.18 Å². The predicted molar refractivity (Wildman–Crippen MR) is 79.0 cm³/mol. The minimum Gasteiger partial charge on any atom is -0.357 e. The standard InChI is InChI=1S/C12H9BrClF3N4/c1-18-11-20-9(12(15,16)17)5-10(21-11)19-6-2-3-7(13)8(14)4-6/h2-5H,1H3,(H2,18,19,20,21). The van der Waals surface area contributed by atoms with Gasteiger partial charge in [-0.2, -0.15) is 18.2 Å². The van der Waals surface area contributed by atoms with Crippen LogP contribution in [0, 0.1) is 0 Å². The first kappa shape index (κ1) is 15.8. The van der Waals surface area contributed by atoms with Crippen LogP contribution in [0.1, 0.15) is 5.69 Å². The topological polar surface area (TPSA) is 49.8 Å². The number of alkyl halides is 3. The van der Waals surface area contributed by atoms with E-state index in [1.54, 1.807) is 18.2 Å². The largest absolute Gasteiger partial charge is 0.433 e. The first-order valence-electron chi connectivity index (χ1n) is 5.65. The number of benzene rings is 1. The Hall–Kier alpha value is -1.54. The van der Waals surface area contributed by atoms with Crippen molar-refractivity contribution in [3.63, 3.8) is 0 Å². The van der Waals surface area contributed by atoms with Gasteiger partial charge in [0.25, 0.3) is 0 Å². The summed E-state index contributed by atoms with van der Waals surface area (Å²) in [6.45, 7) is 0. The normalized spacial score (nSPS) is 11.3. The molecule has 0 spiro atoms. The van der Waals surface area contributed by atoms with Gasteiger partial charge in [0.05, 0.1) is 5.02 Å². The molecular formula is C12H9BrClF3N4. The molecule has 2 aromatic rings. The van der Waals surface area contributed by atoms with Crippen molar-refractivity contribution in [2.75, 3.05) is 17.7 Å². The van der Waals surface area contributed by atoms with Crippen LogP contribution in [0.25, 0.3) is 0 Å². The molecule has 0 bridgehead atoms. The average Bonchev–Trinajstić information content (AvgIpc) is 2.41. The van der Waals surface area contributed by atoms with Gasteiger partial charge < -0.3 is 10.6 Å². The van der Waals surface area contributed by atoms with Gasteiger partial charge in [0.15, 0.2) is 5.69 Å². The van der Waals surface area contributed by atoms with Crippen molar-refractivity contribution in [1.29, 1.82) is 0 Å². The molecule has 2 N–H and O–H groups in total. The lowest BCUT2D eigenvalue weighted by molar-refractivity contribution is -0.141. The van der Waals surface area contributed by atoms with E-state index in [0.29, 0.717) is 15.2 Å². The molecule has 4 nitrogen and oxygen atoms in total. The monoisotopic (exact) mass is 380 g/mol. The van der Waals surface area contributed by atoms with E-state index in [9.17, 15) is 13.2 Å². The van der Waals surface area contributed by atoms with Gasteiger partial charge in [-0.1, -0.05) is 11.6 Å². The van der Waals surface area contributed by atoms with Gasteiger partial charge in [0.2, 0.25) is 5.95 Å². The first-order chi connectivity index (χ1) is 9.79. The fourth-order valence-corrected chi connectivity index (χ4v) is 1.92. The van der Waals surface area contributed by atoms with E-state index in [-0.39, 0.29) is 11.8 Å². The van der Waals surface area contributed by atoms with Crippen molar-refractivity contribution in [3.8, 4) is 0 Å². The van der Waals surface area contributed by atoms with Crippen molar-refractivity contribution in [2.24, 2.45) is 0 Å². The molecule has 112 valence electrons. The second kappa shape index (κ2) is 6.07. The van der Waals surface area contributed by atoms with Crippen LogP contribution in [0.5, 0.6) is 0 Å². The molecule has 0 saturated heterocycles. The zero-order chi connectivity index (χ0) is 15.6. The molecule has 9 heteroatoms. The van der Waals surface area contributed by atoms with Crippen molar-refractivity contribution >= 4 is 45.0 Å². The fourth-order valence-electron chi connectivity index (χ4n) is 1.49. The van der Waals surface area contributed by atoms with Crippen LogP contribution in [-0.2, 0) is 6.18 Å². The van der Waals surface area contributed by atoms with Crippen LogP contribution in [0.2, 0.25) is 5.02 Å². The summed E-state index contributed by atoms with van der Waals surface area (Å²) >= 11 is 9.16. The molecule has 21 heavy (non-hydrogen) atoms. The second-order valence-corrected chi connectivity index (χ2v) is 5.23. The molecule has 0 atom stereocenters. The highest BCUT2D eigenvalue weighted by Gasteiger charge is 2.33. The maximum Gasteiger partial charge on any atom is 0.433 e. The summed E-state index contributed by atoms with van der Waals surface area (Å²) < 4.78 is 39.0. The van der Waals surface area contributed by atoms with Crippen LogP contribution >= 0.6 is 27.5 Å². The first-order valence-corrected chi connectivity index (χ1v) is 6.83. The van der Waals surface area contributed by atoms with Crippen LogP contribution in [-0.4, -0.2) is 17.0 Å². The number of nitrogens with zero attached hydrogens (tertiary/aromatic N) is 2. The van der Waals surface area contributed by atoms with E-state index < -0.39 is 11.9 Å². The third-order valence-electron chi connectivity index (χ3n) is 2.43. The number of hydrogen-bond donors (Lipinski definition) is 2. The summed E-state index contributed by atoms with van der Waals surface area (Å²) in [5.74, 6) is -0.115. The second-order valence-electron chi connectivity index (χ2n) is 3.96. The van der Waals surface area contributed by atoms with Crippen LogP contribution < -0.4 is 10.6 Å².